The number of nitrogens with zero attached hydrogens (tertiary/aromatic N) is 1. The van der Waals surface area contributed by atoms with Crippen LogP contribution in [0.5, 0.6) is 0 Å². The lowest BCUT2D eigenvalue weighted by Crippen LogP contribution is -2.52. The second kappa shape index (κ2) is 9.57. The first-order valence-corrected chi connectivity index (χ1v) is 9.47. The molecule has 6 heteroatoms. The van der Waals surface area contributed by atoms with Crippen molar-refractivity contribution in [3.8, 4) is 0 Å². The standard InChI is InChI=1S/C20H31N3O3/c1-3-4-12-20(2,21)15-22-18(24)17-11-8-13-23(17)19(25)26-14-16-9-6-5-7-10-16/h5-7,9-10,17H,3-4,8,11-15,21H2,1-2H3,(H,22,24)/t17-,20+/m0/s1. The average Bonchev–Trinajstić information content (AvgIpc) is 3.13. The zero-order valence-corrected chi connectivity index (χ0v) is 15.9. The number of hydrogen-bond acceptors (Lipinski definition) is 4. The van der Waals surface area contributed by atoms with Gasteiger partial charge in [-0.15, -0.1) is 0 Å². The molecule has 1 heterocycles. The fourth-order valence-electron chi connectivity index (χ4n) is 3.14. The number of hydrogen-bond donors (Lipinski definition) is 2. The Kier molecular flexibility index (Phi) is 7.45. The molecule has 0 saturated carbocycles. The van der Waals surface area contributed by atoms with Crippen LogP contribution in [0.25, 0.3) is 0 Å². The van der Waals surface area contributed by atoms with Gasteiger partial charge in [0.15, 0.2) is 0 Å². The van der Waals surface area contributed by atoms with E-state index in [0.717, 1.165) is 31.2 Å². The predicted octanol–water partition coefficient (Wildman–Crippen LogP) is 2.81. The highest BCUT2D eigenvalue weighted by molar-refractivity contribution is 5.86. The van der Waals surface area contributed by atoms with Gasteiger partial charge in [-0.25, -0.2) is 4.79 Å². The van der Waals surface area contributed by atoms with E-state index in [1.807, 2.05) is 37.3 Å². The molecule has 3 N–H and O–H groups in total. The predicted molar refractivity (Wildman–Crippen MR) is 101 cm³/mol. The van der Waals surface area contributed by atoms with Crippen molar-refractivity contribution in [3.05, 3.63) is 35.9 Å². The molecule has 6 nitrogen and oxygen atoms in total. The number of ether oxygens (including phenoxy) is 1. The summed E-state index contributed by atoms with van der Waals surface area (Å²) in [6, 6.07) is 9.05. The number of likely N-dealkylation sites (tertiary alicyclic amines) is 1. The minimum absolute atomic E-state index is 0.146. The number of carbonyl (C=O) groups excluding carboxylic acids is 2. The van der Waals surface area contributed by atoms with Crippen molar-refractivity contribution in [2.24, 2.45) is 5.73 Å². The molecule has 1 aromatic rings. The van der Waals surface area contributed by atoms with E-state index in [-0.39, 0.29) is 12.5 Å². The zero-order valence-electron chi connectivity index (χ0n) is 15.9. The third-order valence-corrected chi connectivity index (χ3v) is 4.76. The Bertz CT molecular complexity index is 589. The van der Waals surface area contributed by atoms with Crippen LogP contribution < -0.4 is 11.1 Å². The number of amides is 2. The summed E-state index contributed by atoms with van der Waals surface area (Å²) in [6.07, 6.45) is 3.98. The molecule has 0 radical (unpaired) electrons. The first kappa shape index (κ1) is 20.2. The number of carbonyl (C=O) groups is 2. The van der Waals surface area contributed by atoms with Gasteiger partial charge in [0.05, 0.1) is 0 Å². The van der Waals surface area contributed by atoms with Gasteiger partial charge in [0.25, 0.3) is 0 Å². The van der Waals surface area contributed by atoms with Crippen molar-refractivity contribution in [2.45, 2.75) is 64.1 Å². The number of nitrogens with two attached hydrogens (primary N) is 1. The molecule has 0 aliphatic carbocycles. The van der Waals surface area contributed by atoms with Crippen LogP contribution >= 0.6 is 0 Å². The van der Waals surface area contributed by atoms with E-state index in [4.69, 9.17) is 10.5 Å². The highest BCUT2D eigenvalue weighted by Crippen LogP contribution is 2.19. The molecule has 1 saturated heterocycles. The van der Waals surface area contributed by atoms with Gasteiger partial charge in [-0.3, -0.25) is 9.69 Å². The molecule has 2 atom stereocenters. The summed E-state index contributed by atoms with van der Waals surface area (Å²) in [5.74, 6) is -0.146. The molecule has 0 unspecified atom stereocenters. The topological polar surface area (TPSA) is 84.7 Å². The van der Waals surface area contributed by atoms with E-state index in [2.05, 4.69) is 12.2 Å². The lowest BCUT2D eigenvalue weighted by molar-refractivity contribution is -0.125. The minimum Gasteiger partial charge on any atom is -0.445 e. The van der Waals surface area contributed by atoms with E-state index in [9.17, 15) is 9.59 Å². The quantitative estimate of drug-likeness (QED) is 0.746. The maximum atomic E-state index is 12.5. The van der Waals surface area contributed by atoms with E-state index in [0.29, 0.717) is 19.5 Å². The van der Waals surface area contributed by atoms with Crippen LogP contribution in [0.2, 0.25) is 0 Å². The van der Waals surface area contributed by atoms with E-state index < -0.39 is 17.7 Å². The monoisotopic (exact) mass is 361 g/mol. The Morgan fingerprint density at radius 3 is 2.77 bits per heavy atom. The van der Waals surface area contributed by atoms with Gasteiger partial charge >= 0.3 is 6.09 Å². The van der Waals surface area contributed by atoms with Gasteiger partial charge in [0.2, 0.25) is 5.91 Å². The van der Waals surface area contributed by atoms with Crippen LogP contribution in [0.4, 0.5) is 4.79 Å². The Labute approximate surface area is 156 Å². The van der Waals surface area contributed by atoms with Gasteiger partial charge in [0.1, 0.15) is 12.6 Å². The maximum Gasteiger partial charge on any atom is 0.410 e. The van der Waals surface area contributed by atoms with Crippen LogP contribution in [0, 0.1) is 0 Å². The van der Waals surface area contributed by atoms with E-state index in [1.54, 1.807) is 0 Å². The number of benzene rings is 1. The maximum absolute atomic E-state index is 12.5. The third-order valence-electron chi connectivity index (χ3n) is 4.76. The van der Waals surface area contributed by atoms with Crippen molar-refractivity contribution in [3.63, 3.8) is 0 Å². The van der Waals surface area contributed by atoms with Crippen molar-refractivity contribution >= 4 is 12.0 Å². The van der Waals surface area contributed by atoms with Crippen LogP contribution in [-0.4, -0.2) is 41.6 Å². The summed E-state index contributed by atoms with van der Waals surface area (Å²) in [6.45, 7) is 5.23. The molecule has 26 heavy (non-hydrogen) atoms. The Morgan fingerprint density at radius 2 is 2.08 bits per heavy atom. The summed E-state index contributed by atoms with van der Waals surface area (Å²) in [5.41, 5.74) is 6.74. The van der Waals surface area contributed by atoms with Crippen molar-refractivity contribution in [1.82, 2.24) is 10.2 Å². The van der Waals surface area contributed by atoms with E-state index in [1.165, 1.54) is 4.90 Å². The molecule has 0 aromatic heterocycles. The summed E-state index contributed by atoms with van der Waals surface area (Å²) in [5, 5.41) is 2.92. The first-order chi connectivity index (χ1) is 12.4. The SMILES string of the molecule is CCCC[C@@](C)(N)CNC(=O)[C@@H]1CCCN1C(=O)OCc1ccccc1. The smallest absolute Gasteiger partial charge is 0.410 e. The number of rotatable bonds is 8. The molecule has 1 aliphatic rings. The van der Waals surface area contributed by atoms with Gasteiger partial charge in [-0.1, -0.05) is 50.1 Å². The highest BCUT2D eigenvalue weighted by Gasteiger charge is 2.35. The molecule has 144 valence electrons. The fourth-order valence-corrected chi connectivity index (χ4v) is 3.14. The van der Waals surface area contributed by atoms with Gasteiger partial charge in [0, 0.05) is 18.6 Å². The van der Waals surface area contributed by atoms with Crippen molar-refractivity contribution < 1.29 is 14.3 Å². The van der Waals surface area contributed by atoms with Gasteiger partial charge in [-0.05, 0) is 31.7 Å². The Morgan fingerprint density at radius 1 is 1.35 bits per heavy atom. The van der Waals surface area contributed by atoms with Gasteiger partial charge in [-0.2, -0.15) is 0 Å². The molecule has 0 bridgehead atoms. The fraction of sp³-hybridized carbons (Fsp3) is 0.600. The lowest BCUT2D eigenvalue weighted by atomic mass is 9.96. The molecule has 0 spiro atoms. The largest absolute Gasteiger partial charge is 0.445 e. The molecule has 1 aromatic carbocycles. The van der Waals surface area contributed by atoms with Gasteiger partial charge < -0.3 is 15.8 Å². The summed E-state index contributed by atoms with van der Waals surface area (Å²) in [4.78, 5) is 26.4. The number of unbranched alkanes of at least 4 members (excludes halogenated alkanes) is 1. The Hall–Kier alpha value is -2.08. The van der Waals surface area contributed by atoms with Crippen molar-refractivity contribution in [1.29, 1.82) is 0 Å². The first-order valence-electron chi connectivity index (χ1n) is 9.47. The molecular weight excluding hydrogens is 330 g/mol. The lowest BCUT2D eigenvalue weighted by Gasteiger charge is -2.28. The van der Waals surface area contributed by atoms with Crippen LogP contribution in [0.3, 0.4) is 0 Å². The third kappa shape index (κ3) is 6.02. The minimum atomic E-state index is -0.472. The average molecular weight is 361 g/mol. The van der Waals surface area contributed by atoms with Crippen molar-refractivity contribution in [2.75, 3.05) is 13.1 Å². The van der Waals surface area contributed by atoms with Crippen LogP contribution in [-0.2, 0) is 16.1 Å². The zero-order chi connectivity index (χ0) is 19.0. The van der Waals surface area contributed by atoms with Crippen LogP contribution in [0.1, 0.15) is 51.5 Å². The molecule has 1 aliphatic heterocycles. The van der Waals surface area contributed by atoms with Crippen LogP contribution in [0.15, 0.2) is 30.3 Å². The normalized spacial score (nSPS) is 19.0. The second-order valence-electron chi connectivity index (χ2n) is 7.37. The number of nitrogens with one attached hydrogen (secondary N) is 1. The highest BCUT2D eigenvalue weighted by atomic mass is 16.6. The molecule has 2 rings (SSSR count). The summed E-state index contributed by atoms with van der Waals surface area (Å²) < 4.78 is 5.37. The summed E-state index contributed by atoms with van der Waals surface area (Å²) in [7, 11) is 0. The summed E-state index contributed by atoms with van der Waals surface area (Å²) >= 11 is 0. The Balaban J connectivity index is 1.84. The molecule has 1 fully saturated rings. The molecule has 2 amide bonds. The second-order valence-corrected chi connectivity index (χ2v) is 7.37. The van der Waals surface area contributed by atoms with E-state index >= 15 is 0 Å². The molecular formula is C20H31N3O3.